The molecule has 5 heteroatoms. The highest BCUT2D eigenvalue weighted by Gasteiger charge is 2.24. The highest BCUT2D eigenvalue weighted by atomic mass is 16.3. The number of nitrogens with one attached hydrogen (secondary N) is 2. The van der Waals surface area contributed by atoms with E-state index in [0.29, 0.717) is 6.42 Å². The van der Waals surface area contributed by atoms with E-state index >= 15 is 0 Å². The van der Waals surface area contributed by atoms with Gasteiger partial charge in [-0.25, -0.2) is 0 Å². The van der Waals surface area contributed by atoms with Crippen molar-refractivity contribution < 1.29 is 9.90 Å². The Hall–Kier alpha value is -3.31. The van der Waals surface area contributed by atoms with Gasteiger partial charge < -0.3 is 21.5 Å². The first-order valence-corrected chi connectivity index (χ1v) is 10.3. The van der Waals surface area contributed by atoms with Gasteiger partial charge in [0.1, 0.15) is 5.75 Å². The molecule has 1 aliphatic heterocycles. The molecule has 5 nitrogen and oxygen atoms in total. The van der Waals surface area contributed by atoms with Crippen molar-refractivity contribution >= 4 is 11.6 Å². The van der Waals surface area contributed by atoms with Crippen molar-refractivity contribution in [1.29, 1.82) is 0 Å². The van der Waals surface area contributed by atoms with Gasteiger partial charge in [0.2, 0.25) is 5.91 Å². The van der Waals surface area contributed by atoms with Crippen LogP contribution in [0.3, 0.4) is 0 Å². The van der Waals surface area contributed by atoms with E-state index in [1.54, 1.807) is 24.3 Å². The number of rotatable bonds is 6. The Morgan fingerprint density at radius 1 is 1.03 bits per heavy atom. The van der Waals surface area contributed by atoms with Gasteiger partial charge in [-0.15, -0.1) is 0 Å². The normalized spacial score (nSPS) is 16.2. The average Bonchev–Trinajstić information content (AvgIpc) is 2.76. The van der Waals surface area contributed by atoms with Crippen LogP contribution in [0.25, 0.3) is 0 Å². The van der Waals surface area contributed by atoms with E-state index in [9.17, 15) is 9.90 Å². The number of phenols is 1. The van der Waals surface area contributed by atoms with Crippen molar-refractivity contribution in [2.24, 2.45) is 5.73 Å². The molecule has 1 aliphatic rings. The topological polar surface area (TPSA) is 87.4 Å². The Balaban J connectivity index is 1.45. The van der Waals surface area contributed by atoms with E-state index in [2.05, 4.69) is 41.0 Å². The largest absolute Gasteiger partial charge is 0.508 e. The average molecular weight is 402 g/mol. The van der Waals surface area contributed by atoms with Crippen molar-refractivity contribution in [3.63, 3.8) is 0 Å². The van der Waals surface area contributed by atoms with Gasteiger partial charge >= 0.3 is 0 Å². The number of carbonyl (C=O) groups excluding carboxylic acids is 1. The summed E-state index contributed by atoms with van der Waals surface area (Å²) in [6.45, 7) is 0.809. The Kier molecular flexibility index (Phi) is 6.00. The molecule has 3 aromatic carbocycles. The third-order valence-electron chi connectivity index (χ3n) is 5.54. The molecule has 0 saturated heterocycles. The van der Waals surface area contributed by atoms with E-state index in [1.807, 2.05) is 18.2 Å². The molecule has 0 saturated carbocycles. The number of carbonyl (C=O) groups is 1. The van der Waals surface area contributed by atoms with Gasteiger partial charge in [0.25, 0.3) is 0 Å². The highest BCUT2D eigenvalue weighted by Crippen LogP contribution is 2.31. The molecule has 154 valence electrons. The number of hydrogen-bond acceptors (Lipinski definition) is 4. The number of anilines is 1. The van der Waals surface area contributed by atoms with Gasteiger partial charge in [0.05, 0.1) is 12.1 Å². The lowest BCUT2D eigenvalue weighted by atomic mass is 9.93. The number of phenolic OH excluding ortho intramolecular Hbond substituents is 1. The second-order valence-corrected chi connectivity index (χ2v) is 7.84. The molecule has 30 heavy (non-hydrogen) atoms. The molecule has 4 rings (SSSR count). The number of nitrogens with two attached hydrogens (primary N) is 1. The molecule has 1 unspecified atom stereocenters. The van der Waals surface area contributed by atoms with Crippen LogP contribution in [0, 0.1) is 0 Å². The number of hydrogen-bond donors (Lipinski definition) is 4. The van der Waals surface area contributed by atoms with Gasteiger partial charge in [-0.1, -0.05) is 54.6 Å². The summed E-state index contributed by atoms with van der Waals surface area (Å²) < 4.78 is 0. The molecule has 1 heterocycles. The molecule has 1 amide bonds. The quantitative estimate of drug-likeness (QED) is 0.509. The van der Waals surface area contributed by atoms with Crippen molar-refractivity contribution in [3.05, 3.63) is 95.1 Å². The smallest absolute Gasteiger partial charge is 0.237 e. The summed E-state index contributed by atoms with van der Waals surface area (Å²) in [6.07, 6.45) is 2.10. The van der Waals surface area contributed by atoms with Gasteiger partial charge in [-0.05, 0) is 59.7 Å². The van der Waals surface area contributed by atoms with Crippen LogP contribution in [-0.2, 0) is 17.6 Å². The highest BCUT2D eigenvalue weighted by molar-refractivity contribution is 5.82. The molecule has 0 aliphatic carbocycles. The fraction of sp³-hybridized carbons (Fsp3) is 0.240. The summed E-state index contributed by atoms with van der Waals surface area (Å²) in [5, 5.41) is 16.0. The lowest BCUT2D eigenvalue weighted by Crippen LogP contribution is -2.44. The molecule has 2 atom stereocenters. The van der Waals surface area contributed by atoms with Crippen LogP contribution in [0.2, 0.25) is 0 Å². The Bertz CT molecular complexity index is 1000. The third kappa shape index (κ3) is 4.81. The first-order valence-electron chi connectivity index (χ1n) is 10.3. The standard InChI is InChI=1S/C25H27N3O2/c26-22(16-18-6-9-20(29)10-7-18)25(30)28-24-12-13-27-23-11-8-19(15-21(23)24)14-17-4-2-1-3-5-17/h1-11,15,22,24,27,29H,12-14,16,26H2,(H,28,30)/t22-,24?/m0/s1. The second-order valence-electron chi connectivity index (χ2n) is 7.84. The number of amides is 1. The summed E-state index contributed by atoms with van der Waals surface area (Å²) in [6, 6.07) is 22.9. The van der Waals surface area contributed by atoms with Gasteiger partial charge in [0, 0.05) is 12.2 Å². The maximum atomic E-state index is 12.8. The fourth-order valence-corrected chi connectivity index (χ4v) is 3.92. The SMILES string of the molecule is N[C@@H](Cc1ccc(O)cc1)C(=O)NC1CCNc2ccc(Cc3ccccc3)cc21. The zero-order valence-electron chi connectivity index (χ0n) is 16.8. The van der Waals surface area contributed by atoms with Crippen LogP contribution in [0.15, 0.2) is 72.8 Å². The minimum absolute atomic E-state index is 0.0599. The Morgan fingerprint density at radius 2 is 1.77 bits per heavy atom. The maximum Gasteiger partial charge on any atom is 0.237 e. The summed E-state index contributed by atoms with van der Waals surface area (Å²) >= 11 is 0. The number of benzene rings is 3. The zero-order chi connectivity index (χ0) is 20.9. The Labute approximate surface area is 176 Å². The monoisotopic (exact) mass is 401 g/mol. The number of aromatic hydroxyl groups is 1. The lowest BCUT2D eigenvalue weighted by molar-refractivity contribution is -0.123. The molecular weight excluding hydrogens is 374 g/mol. The van der Waals surface area contributed by atoms with Gasteiger partial charge in [-0.2, -0.15) is 0 Å². The van der Waals surface area contributed by atoms with Crippen LogP contribution in [0.1, 0.15) is 34.7 Å². The summed E-state index contributed by atoms with van der Waals surface area (Å²) in [4.78, 5) is 12.8. The van der Waals surface area contributed by atoms with Crippen LogP contribution >= 0.6 is 0 Å². The van der Waals surface area contributed by atoms with Crippen molar-refractivity contribution in [2.75, 3.05) is 11.9 Å². The minimum Gasteiger partial charge on any atom is -0.508 e. The molecule has 0 spiro atoms. The van der Waals surface area contributed by atoms with E-state index in [0.717, 1.165) is 36.2 Å². The molecule has 5 N–H and O–H groups in total. The van der Waals surface area contributed by atoms with Crippen LogP contribution in [-0.4, -0.2) is 23.6 Å². The molecule has 0 fully saturated rings. The molecule has 0 bridgehead atoms. The summed E-state index contributed by atoms with van der Waals surface area (Å²) in [5.41, 5.74) is 11.7. The van der Waals surface area contributed by atoms with Gasteiger partial charge in [-0.3, -0.25) is 4.79 Å². The van der Waals surface area contributed by atoms with Crippen LogP contribution in [0.4, 0.5) is 5.69 Å². The Morgan fingerprint density at radius 3 is 2.53 bits per heavy atom. The minimum atomic E-state index is -0.639. The predicted octanol–water partition coefficient (Wildman–Crippen LogP) is 3.53. The van der Waals surface area contributed by atoms with Crippen LogP contribution < -0.4 is 16.4 Å². The van der Waals surface area contributed by atoms with Crippen LogP contribution in [0.5, 0.6) is 5.75 Å². The maximum absolute atomic E-state index is 12.8. The molecule has 3 aromatic rings. The molecular formula is C25H27N3O2. The van der Waals surface area contributed by atoms with E-state index < -0.39 is 6.04 Å². The van der Waals surface area contributed by atoms with E-state index in [1.165, 1.54) is 11.1 Å². The second kappa shape index (κ2) is 9.01. The van der Waals surface area contributed by atoms with E-state index in [-0.39, 0.29) is 17.7 Å². The van der Waals surface area contributed by atoms with Gasteiger partial charge in [0.15, 0.2) is 0 Å². The lowest BCUT2D eigenvalue weighted by Gasteiger charge is -2.29. The zero-order valence-corrected chi connectivity index (χ0v) is 16.8. The van der Waals surface area contributed by atoms with E-state index in [4.69, 9.17) is 5.73 Å². The number of fused-ring (bicyclic) bond motifs is 1. The van der Waals surface area contributed by atoms with Crippen molar-refractivity contribution in [1.82, 2.24) is 5.32 Å². The summed E-state index contributed by atoms with van der Waals surface area (Å²) in [7, 11) is 0. The molecule has 0 radical (unpaired) electrons. The summed E-state index contributed by atoms with van der Waals surface area (Å²) in [5.74, 6) is 0.0452. The predicted molar refractivity (Wildman–Crippen MR) is 119 cm³/mol. The molecule has 0 aromatic heterocycles. The third-order valence-corrected chi connectivity index (χ3v) is 5.54. The van der Waals surface area contributed by atoms with Crippen molar-refractivity contribution in [2.45, 2.75) is 31.3 Å². The first-order chi connectivity index (χ1) is 14.6. The fourth-order valence-electron chi connectivity index (χ4n) is 3.92. The first kappa shape index (κ1) is 20.0. The van der Waals surface area contributed by atoms with Crippen molar-refractivity contribution in [3.8, 4) is 5.75 Å².